The molecule has 1 atom stereocenters. The van der Waals surface area contributed by atoms with Crippen LogP contribution in [0.15, 0.2) is 18.2 Å². The van der Waals surface area contributed by atoms with E-state index >= 15 is 0 Å². The second kappa shape index (κ2) is 6.11. The third-order valence-electron chi connectivity index (χ3n) is 2.35. The number of hydrogen-bond acceptors (Lipinski definition) is 3. The summed E-state index contributed by atoms with van der Waals surface area (Å²) in [5.41, 5.74) is 5.79. The van der Waals surface area contributed by atoms with Crippen molar-refractivity contribution < 1.29 is 14.0 Å². The second-order valence-electron chi connectivity index (χ2n) is 4.00. The lowest BCUT2D eigenvalue weighted by Gasteiger charge is -2.12. The normalized spacial score (nSPS) is 11.8. The van der Waals surface area contributed by atoms with Crippen LogP contribution < -0.4 is 16.4 Å². The molecule has 4 N–H and O–H groups in total. The van der Waals surface area contributed by atoms with Gasteiger partial charge in [-0.3, -0.25) is 9.59 Å². The fourth-order valence-corrected chi connectivity index (χ4v) is 1.27. The van der Waals surface area contributed by atoms with Gasteiger partial charge in [0.1, 0.15) is 5.82 Å². The Hall–Kier alpha value is -1.95. The number of halogens is 1. The topological polar surface area (TPSA) is 84.2 Å². The van der Waals surface area contributed by atoms with Gasteiger partial charge in [0.15, 0.2) is 0 Å². The Morgan fingerprint density at radius 3 is 2.61 bits per heavy atom. The van der Waals surface area contributed by atoms with E-state index in [1.54, 1.807) is 6.92 Å². The molecule has 18 heavy (non-hydrogen) atoms. The molecule has 5 nitrogen and oxygen atoms in total. The van der Waals surface area contributed by atoms with Crippen LogP contribution in [0.25, 0.3) is 0 Å². The molecule has 0 aliphatic rings. The Morgan fingerprint density at radius 1 is 1.39 bits per heavy atom. The van der Waals surface area contributed by atoms with Gasteiger partial charge in [-0.25, -0.2) is 4.39 Å². The summed E-state index contributed by atoms with van der Waals surface area (Å²) < 4.78 is 13.5. The summed E-state index contributed by atoms with van der Waals surface area (Å²) in [6.07, 6.45) is 0. The molecule has 6 heteroatoms. The third-order valence-corrected chi connectivity index (χ3v) is 2.35. The van der Waals surface area contributed by atoms with Crippen molar-refractivity contribution in [2.45, 2.75) is 13.8 Å². The number of benzene rings is 1. The molecule has 1 rings (SSSR count). The van der Waals surface area contributed by atoms with Gasteiger partial charge in [0.2, 0.25) is 11.8 Å². The zero-order valence-electron chi connectivity index (χ0n) is 10.3. The molecule has 98 valence electrons. The van der Waals surface area contributed by atoms with Crippen LogP contribution in [0.1, 0.15) is 13.8 Å². The van der Waals surface area contributed by atoms with Crippen LogP contribution in [0.2, 0.25) is 0 Å². The Kier molecular flexibility index (Phi) is 4.79. The van der Waals surface area contributed by atoms with E-state index in [0.717, 1.165) is 0 Å². The molecule has 0 saturated heterocycles. The summed E-state index contributed by atoms with van der Waals surface area (Å²) in [6, 6.07) is 3.95. The monoisotopic (exact) mass is 253 g/mol. The average Bonchev–Trinajstić information content (AvgIpc) is 2.31. The summed E-state index contributed by atoms with van der Waals surface area (Å²) >= 11 is 0. The van der Waals surface area contributed by atoms with Crippen molar-refractivity contribution in [3.05, 3.63) is 24.0 Å². The molecule has 0 aliphatic heterocycles. The van der Waals surface area contributed by atoms with Crippen LogP contribution in [-0.2, 0) is 9.59 Å². The van der Waals surface area contributed by atoms with Crippen LogP contribution in [0, 0.1) is 11.7 Å². The Bertz CT molecular complexity index is 463. The molecular formula is C12H16FN3O2. The lowest BCUT2D eigenvalue weighted by Crippen LogP contribution is -2.27. The van der Waals surface area contributed by atoms with Crippen LogP contribution in [0.5, 0.6) is 0 Å². The summed E-state index contributed by atoms with van der Waals surface area (Å²) in [6.45, 7) is 3.17. The summed E-state index contributed by atoms with van der Waals surface area (Å²) in [7, 11) is 0. The van der Waals surface area contributed by atoms with E-state index in [-0.39, 0.29) is 24.0 Å². The summed E-state index contributed by atoms with van der Waals surface area (Å²) in [5, 5.41) is 4.94. The standard InChI is InChI=1S/C12H16FN3O2/c1-7(6-14)12(18)16-11-5-9(15-8(2)17)3-4-10(11)13/h3-5,7H,6,14H2,1-2H3,(H,15,17)(H,16,18). The number of carbonyl (C=O) groups is 2. The average molecular weight is 253 g/mol. The maximum atomic E-state index is 13.5. The van der Waals surface area contributed by atoms with Crippen molar-refractivity contribution in [2.24, 2.45) is 11.7 Å². The minimum atomic E-state index is -0.568. The van der Waals surface area contributed by atoms with E-state index in [2.05, 4.69) is 10.6 Å². The molecule has 0 bridgehead atoms. The Morgan fingerprint density at radius 2 is 2.06 bits per heavy atom. The molecule has 1 aromatic rings. The van der Waals surface area contributed by atoms with E-state index in [4.69, 9.17) is 5.73 Å². The Labute approximate surface area is 105 Å². The van der Waals surface area contributed by atoms with Gasteiger partial charge in [0.05, 0.1) is 5.69 Å². The fraction of sp³-hybridized carbons (Fsp3) is 0.333. The molecular weight excluding hydrogens is 237 g/mol. The fourth-order valence-electron chi connectivity index (χ4n) is 1.27. The molecule has 0 spiro atoms. The van der Waals surface area contributed by atoms with Gasteiger partial charge in [0, 0.05) is 25.1 Å². The summed E-state index contributed by atoms with van der Waals surface area (Å²) in [4.78, 5) is 22.5. The van der Waals surface area contributed by atoms with Crippen LogP contribution in [0.4, 0.5) is 15.8 Å². The van der Waals surface area contributed by atoms with Gasteiger partial charge < -0.3 is 16.4 Å². The number of amides is 2. The van der Waals surface area contributed by atoms with Crippen molar-refractivity contribution in [1.29, 1.82) is 0 Å². The molecule has 0 heterocycles. The maximum Gasteiger partial charge on any atom is 0.228 e. The van der Waals surface area contributed by atoms with Gasteiger partial charge >= 0.3 is 0 Å². The number of rotatable bonds is 4. The number of hydrogen-bond donors (Lipinski definition) is 3. The Balaban J connectivity index is 2.87. The van der Waals surface area contributed by atoms with Crippen LogP contribution in [0.3, 0.4) is 0 Å². The molecule has 1 aromatic carbocycles. The predicted octanol–water partition coefficient (Wildman–Crippen LogP) is 1.32. The molecule has 0 fully saturated rings. The molecule has 1 unspecified atom stereocenters. The first-order chi connectivity index (χ1) is 8.43. The first kappa shape index (κ1) is 14.1. The van der Waals surface area contributed by atoms with Crippen molar-refractivity contribution in [1.82, 2.24) is 0 Å². The molecule has 0 aliphatic carbocycles. The third kappa shape index (κ3) is 3.81. The van der Waals surface area contributed by atoms with Crippen molar-refractivity contribution in [3.8, 4) is 0 Å². The van der Waals surface area contributed by atoms with E-state index in [0.29, 0.717) is 5.69 Å². The van der Waals surface area contributed by atoms with Gasteiger partial charge in [-0.2, -0.15) is 0 Å². The molecule has 0 saturated carbocycles. The zero-order chi connectivity index (χ0) is 13.7. The lowest BCUT2D eigenvalue weighted by molar-refractivity contribution is -0.119. The smallest absolute Gasteiger partial charge is 0.228 e. The highest BCUT2D eigenvalue weighted by Crippen LogP contribution is 2.20. The largest absolute Gasteiger partial charge is 0.330 e. The SMILES string of the molecule is CC(=O)Nc1ccc(F)c(NC(=O)C(C)CN)c1. The van der Waals surface area contributed by atoms with Crippen molar-refractivity contribution in [2.75, 3.05) is 17.2 Å². The first-order valence-electron chi connectivity index (χ1n) is 5.52. The minimum Gasteiger partial charge on any atom is -0.330 e. The zero-order valence-corrected chi connectivity index (χ0v) is 10.3. The van der Waals surface area contributed by atoms with Crippen molar-refractivity contribution in [3.63, 3.8) is 0 Å². The first-order valence-corrected chi connectivity index (χ1v) is 5.52. The van der Waals surface area contributed by atoms with E-state index < -0.39 is 11.7 Å². The summed E-state index contributed by atoms with van der Waals surface area (Å²) in [5.74, 6) is -1.61. The highest BCUT2D eigenvalue weighted by molar-refractivity contribution is 5.94. The van der Waals surface area contributed by atoms with Gasteiger partial charge in [0.25, 0.3) is 0 Å². The molecule has 0 aromatic heterocycles. The van der Waals surface area contributed by atoms with E-state index in [1.807, 2.05) is 0 Å². The number of nitrogens with two attached hydrogens (primary N) is 1. The minimum absolute atomic E-state index is 0.0200. The number of anilines is 2. The lowest BCUT2D eigenvalue weighted by atomic mass is 10.1. The predicted molar refractivity (Wildman–Crippen MR) is 67.6 cm³/mol. The van der Waals surface area contributed by atoms with E-state index in [9.17, 15) is 14.0 Å². The van der Waals surface area contributed by atoms with Gasteiger partial charge in [-0.15, -0.1) is 0 Å². The molecule has 0 radical (unpaired) electrons. The molecule has 2 amide bonds. The quantitative estimate of drug-likeness (QED) is 0.756. The highest BCUT2D eigenvalue weighted by atomic mass is 19.1. The van der Waals surface area contributed by atoms with E-state index in [1.165, 1.54) is 25.1 Å². The van der Waals surface area contributed by atoms with Gasteiger partial charge in [-0.05, 0) is 18.2 Å². The van der Waals surface area contributed by atoms with Crippen LogP contribution in [-0.4, -0.2) is 18.4 Å². The number of carbonyl (C=O) groups excluding carboxylic acids is 2. The van der Waals surface area contributed by atoms with Crippen LogP contribution >= 0.6 is 0 Å². The highest BCUT2D eigenvalue weighted by Gasteiger charge is 2.13. The maximum absolute atomic E-state index is 13.5. The number of nitrogens with one attached hydrogen (secondary N) is 2. The second-order valence-corrected chi connectivity index (χ2v) is 4.00. The van der Waals surface area contributed by atoms with Gasteiger partial charge in [-0.1, -0.05) is 6.92 Å². The van der Waals surface area contributed by atoms with Crippen molar-refractivity contribution >= 4 is 23.2 Å².